The molecule has 0 fully saturated rings. The molecular weight excluding hydrogens is 412 g/mol. The summed E-state index contributed by atoms with van der Waals surface area (Å²) in [5, 5.41) is 13.4. The van der Waals surface area contributed by atoms with Crippen LogP contribution in [0.2, 0.25) is 0 Å². The third-order valence-corrected chi connectivity index (χ3v) is 5.00. The summed E-state index contributed by atoms with van der Waals surface area (Å²) in [5.41, 5.74) is 2.81. The molecule has 0 radical (unpaired) electrons. The maximum Gasteiger partial charge on any atom is 0.237 e. The molecule has 0 saturated heterocycles. The van der Waals surface area contributed by atoms with Gasteiger partial charge in [-0.25, -0.2) is 0 Å². The van der Waals surface area contributed by atoms with Gasteiger partial charge >= 0.3 is 0 Å². The van der Waals surface area contributed by atoms with Crippen LogP contribution in [0.3, 0.4) is 0 Å². The highest BCUT2D eigenvalue weighted by Gasteiger charge is 2.10. The first-order chi connectivity index (χ1) is 12.8. The Balaban J connectivity index is 1.42. The molecule has 0 aliphatic carbocycles. The fraction of sp³-hybridized carbons (Fsp3) is 0.0526. The van der Waals surface area contributed by atoms with Gasteiger partial charge in [0.15, 0.2) is 0 Å². The van der Waals surface area contributed by atoms with Crippen molar-refractivity contribution in [2.75, 3.05) is 0 Å². The summed E-state index contributed by atoms with van der Waals surface area (Å²) in [7, 11) is 0. The van der Waals surface area contributed by atoms with Gasteiger partial charge in [-0.15, -0.1) is 10.2 Å². The zero-order valence-corrected chi connectivity index (χ0v) is 15.9. The lowest BCUT2D eigenvalue weighted by Gasteiger charge is -2.01. The summed E-state index contributed by atoms with van der Waals surface area (Å²) in [6.45, 7) is 0. The molecule has 0 spiro atoms. The lowest BCUT2D eigenvalue weighted by Crippen LogP contribution is -1.90. The van der Waals surface area contributed by atoms with E-state index in [1.165, 1.54) is 11.8 Å². The van der Waals surface area contributed by atoms with E-state index in [0.717, 1.165) is 26.3 Å². The Labute approximate surface area is 163 Å². The molecule has 2 aromatic carbocycles. The molecule has 0 amide bonds. The summed E-state index contributed by atoms with van der Waals surface area (Å²) in [6, 6.07) is 21.7. The minimum atomic E-state index is 0.542. The van der Waals surface area contributed by atoms with E-state index >= 15 is 0 Å². The first-order valence-electron chi connectivity index (χ1n) is 7.88. The highest BCUT2D eigenvalue weighted by Crippen LogP contribution is 2.24. The van der Waals surface area contributed by atoms with E-state index < -0.39 is 0 Å². The number of thioether (sulfide) groups is 1. The van der Waals surface area contributed by atoms with Crippen molar-refractivity contribution in [3.63, 3.8) is 0 Å². The van der Waals surface area contributed by atoms with E-state index in [9.17, 15) is 0 Å². The molecule has 7 heteroatoms. The zero-order chi connectivity index (χ0) is 17.8. The van der Waals surface area contributed by atoms with Gasteiger partial charge in [0.25, 0.3) is 0 Å². The van der Waals surface area contributed by atoms with Gasteiger partial charge in [-0.2, -0.15) is 4.98 Å². The zero-order valence-electron chi connectivity index (χ0n) is 13.5. The molecule has 2 heterocycles. The van der Waals surface area contributed by atoms with Crippen LogP contribution in [0.25, 0.3) is 22.6 Å². The highest BCUT2D eigenvalue weighted by molar-refractivity contribution is 9.10. The Morgan fingerprint density at radius 2 is 1.73 bits per heavy atom. The van der Waals surface area contributed by atoms with Crippen LogP contribution in [0, 0.1) is 0 Å². The molecule has 2 aromatic heterocycles. The molecule has 0 aliphatic rings. The molecule has 4 aromatic rings. The quantitative estimate of drug-likeness (QED) is 0.407. The second kappa shape index (κ2) is 7.80. The minimum Gasteiger partial charge on any atom is -0.338 e. The number of hydrogen-bond donors (Lipinski definition) is 0. The molecule has 0 bridgehead atoms. The Morgan fingerprint density at radius 3 is 2.50 bits per heavy atom. The second-order valence-electron chi connectivity index (χ2n) is 5.43. The molecular formula is C19H13BrN4OS. The lowest BCUT2D eigenvalue weighted by molar-refractivity contribution is 0.391. The van der Waals surface area contributed by atoms with Gasteiger partial charge < -0.3 is 4.52 Å². The molecule has 0 atom stereocenters. The Hall–Kier alpha value is -2.51. The van der Waals surface area contributed by atoms with Crippen LogP contribution < -0.4 is 0 Å². The predicted octanol–water partition coefficient (Wildman–Crippen LogP) is 5.25. The van der Waals surface area contributed by atoms with Crippen molar-refractivity contribution in [1.29, 1.82) is 0 Å². The fourth-order valence-corrected chi connectivity index (χ4v) is 3.40. The summed E-state index contributed by atoms with van der Waals surface area (Å²) in [5.74, 6) is 1.67. The summed E-state index contributed by atoms with van der Waals surface area (Å²) in [4.78, 5) is 4.43. The largest absolute Gasteiger partial charge is 0.338 e. The molecule has 0 saturated carbocycles. The average molecular weight is 425 g/mol. The first-order valence-corrected chi connectivity index (χ1v) is 9.66. The first kappa shape index (κ1) is 16.9. The maximum absolute atomic E-state index is 5.33. The third-order valence-electron chi connectivity index (χ3n) is 3.60. The lowest BCUT2D eigenvalue weighted by atomic mass is 10.1. The van der Waals surface area contributed by atoms with Crippen molar-refractivity contribution in [1.82, 2.24) is 20.3 Å². The van der Waals surface area contributed by atoms with E-state index in [1.54, 1.807) is 0 Å². The molecule has 26 heavy (non-hydrogen) atoms. The van der Waals surface area contributed by atoms with Crippen LogP contribution in [0.5, 0.6) is 0 Å². The summed E-state index contributed by atoms with van der Waals surface area (Å²) >= 11 is 4.95. The predicted molar refractivity (Wildman–Crippen MR) is 104 cm³/mol. The maximum atomic E-state index is 5.33. The van der Waals surface area contributed by atoms with Crippen molar-refractivity contribution >= 4 is 27.7 Å². The van der Waals surface area contributed by atoms with Crippen molar-refractivity contribution in [2.24, 2.45) is 0 Å². The van der Waals surface area contributed by atoms with Gasteiger partial charge in [0.1, 0.15) is 5.03 Å². The van der Waals surface area contributed by atoms with E-state index in [4.69, 9.17) is 4.52 Å². The van der Waals surface area contributed by atoms with Crippen LogP contribution in [0.1, 0.15) is 5.89 Å². The Bertz CT molecular complexity index is 1010. The highest BCUT2D eigenvalue weighted by atomic mass is 79.9. The van der Waals surface area contributed by atoms with Gasteiger partial charge in [-0.05, 0) is 24.3 Å². The van der Waals surface area contributed by atoms with Crippen LogP contribution in [0.4, 0.5) is 0 Å². The molecule has 0 aliphatic heterocycles. The second-order valence-corrected chi connectivity index (χ2v) is 7.34. The molecule has 0 N–H and O–H groups in total. The third kappa shape index (κ3) is 4.00. The van der Waals surface area contributed by atoms with Gasteiger partial charge in [0.05, 0.1) is 11.4 Å². The van der Waals surface area contributed by atoms with E-state index in [-0.39, 0.29) is 0 Å². The minimum absolute atomic E-state index is 0.542. The smallest absolute Gasteiger partial charge is 0.237 e. The van der Waals surface area contributed by atoms with Crippen LogP contribution in [0.15, 0.2) is 80.8 Å². The number of benzene rings is 2. The topological polar surface area (TPSA) is 64.7 Å². The monoisotopic (exact) mass is 424 g/mol. The number of rotatable bonds is 5. The van der Waals surface area contributed by atoms with Gasteiger partial charge in [0, 0.05) is 15.6 Å². The Morgan fingerprint density at radius 1 is 0.885 bits per heavy atom. The number of aromatic nitrogens is 4. The number of nitrogens with zero attached hydrogens (tertiary/aromatic N) is 4. The van der Waals surface area contributed by atoms with Gasteiger partial charge in [0.2, 0.25) is 11.7 Å². The van der Waals surface area contributed by atoms with Crippen LogP contribution in [-0.2, 0) is 5.75 Å². The molecule has 4 rings (SSSR count). The Kier molecular flexibility index (Phi) is 5.08. The average Bonchev–Trinajstić information content (AvgIpc) is 3.17. The molecule has 5 nitrogen and oxygen atoms in total. The van der Waals surface area contributed by atoms with Crippen molar-refractivity contribution in [3.8, 4) is 22.6 Å². The van der Waals surface area contributed by atoms with Gasteiger partial charge in [-0.1, -0.05) is 75.3 Å². The molecule has 0 unspecified atom stereocenters. The van der Waals surface area contributed by atoms with E-state index in [2.05, 4.69) is 36.3 Å². The van der Waals surface area contributed by atoms with Crippen molar-refractivity contribution in [3.05, 3.63) is 77.1 Å². The van der Waals surface area contributed by atoms with Crippen LogP contribution >= 0.6 is 27.7 Å². The summed E-state index contributed by atoms with van der Waals surface area (Å²) < 4.78 is 6.30. The summed E-state index contributed by atoms with van der Waals surface area (Å²) in [6.07, 6.45) is 0. The SMILES string of the molecule is Brc1cccc(-c2noc(CSc3ccc(-c4ccccc4)nn3)n2)c1. The standard InChI is InChI=1S/C19H13BrN4OS/c20-15-8-4-7-14(11-15)19-21-17(25-24-19)12-26-18-10-9-16(22-23-18)13-5-2-1-3-6-13/h1-11H,12H2. The normalized spacial score (nSPS) is 10.8. The fourth-order valence-electron chi connectivity index (χ4n) is 2.35. The number of hydrogen-bond acceptors (Lipinski definition) is 6. The van der Waals surface area contributed by atoms with Crippen molar-refractivity contribution < 1.29 is 4.52 Å². The van der Waals surface area contributed by atoms with E-state index in [1.807, 2.05) is 66.7 Å². The van der Waals surface area contributed by atoms with Crippen molar-refractivity contribution in [2.45, 2.75) is 10.8 Å². The van der Waals surface area contributed by atoms with Crippen LogP contribution in [-0.4, -0.2) is 20.3 Å². The van der Waals surface area contributed by atoms with E-state index in [0.29, 0.717) is 17.5 Å². The molecule has 128 valence electrons. The van der Waals surface area contributed by atoms with Gasteiger partial charge in [-0.3, -0.25) is 0 Å². The number of halogens is 1.